The molecule has 0 saturated carbocycles. The number of alkyl halides is 3. The number of amides is 1. The number of nitriles is 1. The van der Waals surface area contributed by atoms with Gasteiger partial charge in [-0.25, -0.2) is 0 Å². The molecule has 6 heteroatoms. The van der Waals surface area contributed by atoms with Gasteiger partial charge >= 0.3 is 0 Å². The van der Waals surface area contributed by atoms with Gasteiger partial charge in [-0.15, -0.1) is 0 Å². The minimum absolute atomic E-state index is 0.713. The van der Waals surface area contributed by atoms with Crippen LogP contribution in [-0.4, -0.2) is 14.6 Å². The molecular weight excluding hydrogens is 295 g/mol. The van der Waals surface area contributed by atoms with E-state index >= 15 is 0 Å². The maximum Gasteiger partial charge on any atom is 0.280 e. The lowest BCUT2D eigenvalue weighted by Crippen LogP contribution is -2.39. The molecule has 1 unspecified atom stereocenters. The van der Waals surface area contributed by atoms with Crippen LogP contribution < -0.4 is 0 Å². The van der Waals surface area contributed by atoms with Crippen molar-refractivity contribution in [3.05, 3.63) is 41.6 Å². The maximum absolute atomic E-state index is 11.9. The lowest BCUT2D eigenvalue weighted by molar-refractivity contribution is -0.128. The van der Waals surface area contributed by atoms with Gasteiger partial charge in [0.15, 0.2) is 0 Å². The summed E-state index contributed by atoms with van der Waals surface area (Å²) in [4.78, 5) is 13.1. The summed E-state index contributed by atoms with van der Waals surface area (Å²) in [7, 11) is 0. The third-order valence-corrected chi connectivity index (χ3v) is 3.07. The Hall–Kier alpha value is -1.21. The third kappa shape index (κ3) is 2.32. The highest BCUT2D eigenvalue weighted by molar-refractivity contribution is 6.76. The van der Waals surface area contributed by atoms with Crippen LogP contribution in [0.1, 0.15) is 17.2 Å². The fourth-order valence-corrected chi connectivity index (χ4v) is 2.06. The molecule has 1 aliphatic heterocycles. The van der Waals surface area contributed by atoms with E-state index in [0.717, 1.165) is 10.5 Å². The summed E-state index contributed by atoms with van der Waals surface area (Å²) in [5.74, 6) is -0.746. The fourth-order valence-electron chi connectivity index (χ4n) is 1.77. The molecule has 0 saturated heterocycles. The van der Waals surface area contributed by atoms with Gasteiger partial charge in [0.05, 0.1) is 6.07 Å². The van der Waals surface area contributed by atoms with E-state index in [0.29, 0.717) is 5.56 Å². The number of carbonyl (C=O) groups excluding carboxylic acids is 1. The van der Waals surface area contributed by atoms with Gasteiger partial charge in [0.2, 0.25) is 0 Å². The molecule has 3 nitrogen and oxygen atoms in total. The molecule has 0 fully saturated rings. The first-order chi connectivity index (χ1) is 8.45. The largest absolute Gasteiger partial charge is 0.295 e. The van der Waals surface area contributed by atoms with Crippen molar-refractivity contribution in [2.45, 2.75) is 9.83 Å². The molecule has 1 aromatic carbocycles. The predicted molar refractivity (Wildman–Crippen MR) is 71.0 cm³/mol. The van der Waals surface area contributed by atoms with Gasteiger partial charge in [0, 0.05) is 6.20 Å². The molecule has 0 N–H and O–H groups in total. The van der Waals surface area contributed by atoms with E-state index in [1.54, 1.807) is 18.2 Å². The van der Waals surface area contributed by atoms with Crippen LogP contribution in [0.4, 0.5) is 0 Å². The van der Waals surface area contributed by atoms with Gasteiger partial charge in [-0.2, -0.15) is 5.26 Å². The van der Waals surface area contributed by atoms with E-state index in [1.807, 2.05) is 18.2 Å². The highest BCUT2D eigenvalue weighted by atomic mass is 35.6. The SMILES string of the molecule is N#CC1c2ccccc2C=CN1C(=O)C(Cl)(Cl)Cl. The summed E-state index contributed by atoms with van der Waals surface area (Å²) in [6.45, 7) is 0. The molecule has 1 heterocycles. The summed E-state index contributed by atoms with van der Waals surface area (Å²) in [6.07, 6.45) is 3.16. The number of nitrogens with zero attached hydrogens (tertiary/aromatic N) is 2. The highest BCUT2D eigenvalue weighted by Gasteiger charge is 2.39. The van der Waals surface area contributed by atoms with Gasteiger partial charge in [-0.3, -0.25) is 9.69 Å². The van der Waals surface area contributed by atoms with Crippen molar-refractivity contribution in [2.24, 2.45) is 0 Å². The maximum atomic E-state index is 11.9. The first-order valence-corrected chi connectivity index (χ1v) is 6.15. The Morgan fingerprint density at radius 2 is 2.00 bits per heavy atom. The molecule has 1 atom stereocenters. The van der Waals surface area contributed by atoms with Crippen molar-refractivity contribution < 1.29 is 4.79 Å². The van der Waals surface area contributed by atoms with Crippen LogP contribution in [0.3, 0.4) is 0 Å². The number of hydrogen-bond donors (Lipinski definition) is 0. The lowest BCUT2D eigenvalue weighted by atomic mass is 9.97. The van der Waals surface area contributed by atoms with Crippen LogP contribution in [0.25, 0.3) is 6.08 Å². The van der Waals surface area contributed by atoms with Crippen LogP contribution in [-0.2, 0) is 4.79 Å². The molecule has 1 aliphatic rings. The number of fused-ring (bicyclic) bond motifs is 1. The molecule has 0 spiro atoms. The zero-order valence-corrected chi connectivity index (χ0v) is 11.2. The minimum atomic E-state index is -2.08. The van der Waals surface area contributed by atoms with Crippen LogP contribution >= 0.6 is 34.8 Å². The zero-order valence-electron chi connectivity index (χ0n) is 8.98. The van der Waals surface area contributed by atoms with Gasteiger partial charge in [-0.05, 0) is 17.2 Å². The second kappa shape index (κ2) is 4.81. The van der Waals surface area contributed by atoms with Gasteiger partial charge in [0.25, 0.3) is 9.70 Å². The Labute approximate surface area is 119 Å². The zero-order chi connectivity index (χ0) is 13.3. The van der Waals surface area contributed by atoms with Crippen molar-refractivity contribution in [2.75, 3.05) is 0 Å². The lowest BCUT2D eigenvalue weighted by Gasteiger charge is -2.30. The van der Waals surface area contributed by atoms with Crippen LogP contribution in [0.5, 0.6) is 0 Å². The van der Waals surface area contributed by atoms with Crippen molar-refractivity contribution in [1.82, 2.24) is 4.90 Å². The molecular formula is C12H7Cl3N2O. The fraction of sp³-hybridized carbons (Fsp3) is 0.167. The second-order valence-electron chi connectivity index (χ2n) is 3.69. The summed E-state index contributed by atoms with van der Waals surface area (Å²) in [5, 5.41) is 9.22. The molecule has 92 valence electrons. The van der Waals surface area contributed by atoms with Gasteiger partial charge in [-0.1, -0.05) is 59.1 Å². The average molecular weight is 302 g/mol. The quantitative estimate of drug-likeness (QED) is 0.689. The number of benzene rings is 1. The van der Waals surface area contributed by atoms with E-state index in [1.165, 1.54) is 6.20 Å². The van der Waals surface area contributed by atoms with E-state index in [4.69, 9.17) is 34.8 Å². The predicted octanol–water partition coefficient (Wildman–Crippen LogP) is 3.43. The van der Waals surface area contributed by atoms with Crippen molar-refractivity contribution >= 4 is 46.8 Å². The monoisotopic (exact) mass is 300 g/mol. The van der Waals surface area contributed by atoms with Gasteiger partial charge in [0.1, 0.15) is 6.04 Å². The molecule has 18 heavy (non-hydrogen) atoms. The van der Waals surface area contributed by atoms with Crippen LogP contribution in [0.15, 0.2) is 30.5 Å². The molecule has 1 amide bonds. The molecule has 0 radical (unpaired) electrons. The van der Waals surface area contributed by atoms with E-state index in [2.05, 4.69) is 0 Å². The second-order valence-corrected chi connectivity index (χ2v) is 5.97. The Morgan fingerprint density at radius 3 is 2.61 bits per heavy atom. The molecule has 0 aromatic heterocycles. The summed E-state index contributed by atoms with van der Waals surface area (Å²) in [5.41, 5.74) is 1.59. The topological polar surface area (TPSA) is 44.1 Å². The summed E-state index contributed by atoms with van der Waals surface area (Å²) >= 11 is 16.7. The van der Waals surface area contributed by atoms with Crippen LogP contribution in [0, 0.1) is 11.3 Å². The van der Waals surface area contributed by atoms with Crippen molar-refractivity contribution in [1.29, 1.82) is 5.26 Å². The number of rotatable bonds is 0. The minimum Gasteiger partial charge on any atom is -0.295 e. The Bertz CT molecular complexity index is 557. The normalized spacial score (nSPS) is 18.1. The standard InChI is InChI=1S/C12H7Cl3N2O/c13-12(14,15)11(18)17-6-5-8-3-1-2-4-9(8)10(17)7-16/h1-6,10H. The van der Waals surface area contributed by atoms with E-state index < -0.39 is 15.7 Å². The first kappa shape index (κ1) is 13.2. The van der Waals surface area contributed by atoms with Crippen molar-refractivity contribution in [3.63, 3.8) is 0 Å². The first-order valence-electron chi connectivity index (χ1n) is 5.01. The smallest absolute Gasteiger partial charge is 0.280 e. The molecule has 1 aromatic rings. The van der Waals surface area contributed by atoms with Gasteiger partial charge < -0.3 is 0 Å². The third-order valence-electron chi connectivity index (χ3n) is 2.58. The number of halogens is 3. The van der Waals surface area contributed by atoms with Crippen LogP contribution in [0.2, 0.25) is 0 Å². The average Bonchev–Trinajstić information content (AvgIpc) is 2.35. The van der Waals surface area contributed by atoms with Crippen molar-refractivity contribution in [3.8, 4) is 6.07 Å². The number of hydrogen-bond acceptors (Lipinski definition) is 2. The number of carbonyl (C=O) groups is 1. The summed E-state index contributed by atoms with van der Waals surface area (Å²) < 4.78 is -2.08. The van der Waals surface area contributed by atoms with E-state index in [9.17, 15) is 10.1 Å². The molecule has 0 bridgehead atoms. The van der Waals surface area contributed by atoms with E-state index in [-0.39, 0.29) is 0 Å². The summed E-state index contributed by atoms with van der Waals surface area (Å²) in [6, 6.07) is 8.53. The Kier molecular flexibility index (Phi) is 3.54. The Morgan fingerprint density at radius 1 is 1.33 bits per heavy atom. The molecule has 2 rings (SSSR count). The highest BCUT2D eigenvalue weighted by Crippen LogP contribution is 2.36. The Balaban J connectivity index is 2.44. The molecule has 0 aliphatic carbocycles.